The fraction of sp³-hybridized carbons (Fsp3) is 0.182. The molecule has 0 saturated heterocycles. The van der Waals surface area contributed by atoms with Crippen LogP contribution in [0.25, 0.3) is 0 Å². The molecule has 0 atom stereocenters. The summed E-state index contributed by atoms with van der Waals surface area (Å²) in [5.41, 5.74) is 0. The molecule has 2 aromatic rings. The minimum atomic E-state index is -0.737. The number of benzene rings is 1. The molecule has 0 bridgehead atoms. The van der Waals surface area contributed by atoms with Crippen molar-refractivity contribution in [1.82, 2.24) is 0 Å². The van der Waals surface area contributed by atoms with Crippen LogP contribution in [0.5, 0.6) is 11.5 Å². The molecule has 0 saturated carbocycles. The average Bonchev–Trinajstić information content (AvgIpc) is 2.73. The van der Waals surface area contributed by atoms with E-state index in [-0.39, 0.29) is 6.61 Å². The van der Waals surface area contributed by atoms with Gasteiger partial charge < -0.3 is 18.3 Å². The standard InChI is InChI=1S/C11H10O5/c1-13-9-4-2-3-5-10(9)14-6-8-7-15-11(12)16-8/h2-5,7H,6H2,1H3. The number of methoxy groups -OCH3 is 1. The van der Waals surface area contributed by atoms with Gasteiger partial charge in [0.05, 0.1) is 7.11 Å². The highest BCUT2D eigenvalue weighted by Gasteiger charge is 2.05. The van der Waals surface area contributed by atoms with Gasteiger partial charge in [0.15, 0.2) is 17.3 Å². The van der Waals surface area contributed by atoms with Crippen LogP contribution in [0.2, 0.25) is 0 Å². The van der Waals surface area contributed by atoms with Gasteiger partial charge in [-0.25, -0.2) is 4.79 Å². The van der Waals surface area contributed by atoms with E-state index in [0.717, 1.165) is 0 Å². The van der Waals surface area contributed by atoms with Crippen LogP contribution in [0.1, 0.15) is 5.76 Å². The normalized spacial score (nSPS) is 10.1. The summed E-state index contributed by atoms with van der Waals surface area (Å²) >= 11 is 0. The first-order valence-corrected chi connectivity index (χ1v) is 4.63. The van der Waals surface area contributed by atoms with Crippen molar-refractivity contribution >= 4 is 0 Å². The highest BCUT2D eigenvalue weighted by atomic mass is 16.6. The predicted molar refractivity (Wildman–Crippen MR) is 54.6 cm³/mol. The maximum atomic E-state index is 10.6. The van der Waals surface area contributed by atoms with Gasteiger partial charge in [0.25, 0.3) is 0 Å². The van der Waals surface area contributed by atoms with Gasteiger partial charge in [-0.1, -0.05) is 12.1 Å². The van der Waals surface area contributed by atoms with Crippen molar-refractivity contribution in [2.24, 2.45) is 0 Å². The van der Waals surface area contributed by atoms with Crippen LogP contribution in [-0.4, -0.2) is 7.11 Å². The van der Waals surface area contributed by atoms with E-state index in [4.69, 9.17) is 13.9 Å². The second kappa shape index (κ2) is 4.57. The smallest absolute Gasteiger partial charge is 0.493 e. The largest absolute Gasteiger partial charge is 0.518 e. The SMILES string of the molecule is COc1ccccc1OCc1coc(=O)o1. The van der Waals surface area contributed by atoms with Crippen molar-refractivity contribution in [1.29, 1.82) is 0 Å². The van der Waals surface area contributed by atoms with E-state index in [2.05, 4.69) is 4.42 Å². The Morgan fingerprint density at radius 1 is 1.25 bits per heavy atom. The lowest BCUT2D eigenvalue weighted by Gasteiger charge is -2.08. The Bertz CT molecular complexity index is 511. The first kappa shape index (κ1) is 10.4. The Morgan fingerprint density at radius 2 is 2.00 bits per heavy atom. The van der Waals surface area contributed by atoms with Gasteiger partial charge in [-0.05, 0) is 12.1 Å². The molecule has 0 unspecified atom stereocenters. The lowest BCUT2D eigenvalue weighted by Crippen LogP contribution is -1.97. The highest BCUT2D eigenvalue weighted by Crippen LogP contribution is 2.26. The zero-order valence-corrected chi connectivity index (χ0v) is 8.64. The van der Waals surface area contributed by atoms with E-state index < -0.39 is 5.82 Å². The number of hydrogen-bond acceptors (Lipinski definition) is 5. The number of hydrogen-bond donors (Lipinski definition) is 0. The quantitative estimate of drug-likeness (QED) is 0.789. The predicted octanol–water partition coefficient (Wildman–Crippen LogP) is 1.82. The Balaban J connectivity index is 2.07. The first-order valence-electron chi connectivity index (χ1n) is 4.63. The van der Waals surface area contributed by atoms with Crippen LogP contribution in [0, 0.1) is 0 Å². The minimum Gasteiger partial charge on any atom is -0.493 e. The highest BCUT2D eigenvalue weighted by molar-refractivity contribution is 5.39. The fourth-order valence-electron chi connectivity index (χ4n) is 1.22. The Labute approximate surface area is 91.2 Å². The maximum Gasteiger partial charge on any atom is 0.518 e. The van der Waals surface area contributed by atoms with Crippen LogP contribution in [0.4, 0.5) is 0 Å². The van der Waals surface area contributed by atoms with Crippen LogP contribution >= 0.6 is 0 Å². The van der Waals surface area contributed by atoms with Gasteiger partial charge in [0.1, 0.15) is 12.9 Å². The first-order chi connectivity index (χ1) is 7.79. The second-order valence-electron chi connectivity index (χ2n) is 2.99. The van der Waals surface area contributed by atoms with E-state index in [0.29, 0.717) is 17.3 Å². The van der Waals surface area contributed by atoms with Crippen molar-refractivity contribution in [3.05, 3.63) is 46.9 Å². The van der Waals surface area contributed by atoms with Gasteiger partial charge in [0.2, 0.25) is 0 Å². The minimum absolute atomic E-state index is 0.117. The molecule has 0 aliphatic heterocycles. The number of ether oxygens (including phenoxy) is 2. The molecule has 0 aliphatic carbocycles. The Hall–Kier alpha value is -2.17. The zero-order valence-electron chi connectivity index (χ0n) is 8.64. The summed E-state index contributed by atoms with van der Waals surface area (Å²) in [6.45, 7) is 0.117. The van der Waals surface area contributed by atoms with Gasteiger partial charge >= 0.3 is 5.82 Å². The molecule has 1 aromatic heterocycles. The summed E-state index contributed by atoms with van der Waals surface area (Å²) in [7, 11) is 1.56. The summed E-state index contributed by atoms with van der Waals surface area (Å²) in [6, 6.07) is 7.20. The second-order valence-corrected chi connectivity index (χ2v) is 2.99. The maximum absolute atomic E-state index is 10.6. The fourth-order valence-corrected chi connectivity index (χ4v) is 1.22. The lowest BCUT2D eigenvalue weighted by atomic mass is 10.3. The number of rotatable bonds is 4. The topological polar surface area (TPSA) is 61.8 Å². The molecule has 0 spiro atoms. The molecule has 0 radical (unpaired) electrons. The molecule has 0 fully saturated rings. The van der Waals surface area contributed by atoms with Crippen LogP contribution in [-0.2, 0) is 6.61 Å². The van der Waals surface area contributed by atoms with Crippen molar-refractivity contribution in [3.63, 3.8) is 0 Å². The third-order valence-electron chi connectivity index (χ3n) is 1.94. The number of para-hydroxylation sites is 2. The molecule has 16 heavy (non-hydrogen) atoms. The summed E-state index contributed by atoms with van der Waals surface area (Å²) in [6.07, 6.45) is 1.22. The van der Waals surface area contributed by atoms with E-state index in [9.17, 15) is 4.79 Å². The molecular formula is C11H10O5. The lowest BCUT2D eigenvalue weighted by molar-refractivity contribution is 0.250. The van der Waals surface area contributed by atoms with Gasteiger partial charge in [-0.2, -0.15) is 0 Å². The molecule has 2 rings (SSSR count). The van der Waals surface area contributed by atoms with Crippen molar-refractivity contribution < 1.29 is 18.3 Å². The molecule has 5 nitrogen and oxygen atoms in total. The van der Waals surface area contributed by atoms with Crippen molar-refractivity contribution in [3.8, 4) is 11.5 Å². The average molecular weight is 222 g/mol. The van der Waals surface area contributed by atoms with Gasteiger partial charge in [0, 0.05) is 0 Å². The molecule has 0 amide bonds. The summed E-state index contributed by atoms with van der Waals surface area (Å²) < 4.78 is 19.7. The van der Waals surface area contributed by atoms with Crippen LogP contribution < -0.4 is 15.3 Å². The third kappa shape index (κ3) is 2.25. The molecule has 84 valence electrons. The van der Waals surface area contributed by atoms with Crippen molar-refractivity contribution in [2.75, 3.05) is 7.11 Å². The Kier molecular flexibility index (Phi) is 2.95. The molecule has 0 N–H and O–H groups in total. The van der Waals surface area contributed by atoms with E-state index >= 15 is 0 Å². The Morgan fingerprint density at radius 3 is 2.62 bits per heavy atom. The monoisotopic (exact) mass is 222 g/mol. The summed E-state index contributed by atoms with van der Waals surface area (Å²) in [5, 5.41) is 0. The van der Waals surface area contributed by atoms with E-state index in [1.807, 2.05) is 12.1 Å². The molecule has 0 aliphatic rings. The van der Waals surface area contributed by atoms with E-state index in [1.54, 1.807) is 19.2 Å². The van der Waals surface area contributed by atoms with Gasteiger partial charge in [-0.3, -0.25) is 0 Å². The summed E-state index contributed by atoms with van der Waals surface area (Å²) in [5.74, 6) is 0.789. The molecule has 1 aromatic carbocycles. The summed E-state index contributed by atoms with van der Waals surface area (Å²) in [4.78, 5) is 10.6. The van der Waals surface area contributed by atoms with Gasteiger partial charge in [-0.15, -0.1) is 0 Å². The van der Waals surface area contributed by atoms with E-state index in [1.165, 1.54) is 6.26 Å². The molecule has 1 heterocycles. The molecule has 5 heteroatoms. The van der Waals surface area contributed by atoms with Crippen molar-refractivity contribution in [2.45, 2.75) is 6.61 Å². The van der Waals surface area contributed by atoms with Crippen LogP contribution in [0.3, 0.4) is 0 Å². The third-order valence-corrected chi connectivity index (χ3v) is 1.94. The zero-order chi connectivity index (χ0) is 11.4. The molecular weight excluding hydrogens is 212 g/mol. The van der Waals surface area contributed by atoms with Crippen LogP contribution in [0.15, 0.2) is 44.2 Å².